The zero-order chi connectivity index (χ0) is 26.0. The molecule has 0 aliphatic rings. The summed E-state index contributed by atoms with van der Waals surface area (Å²) in [5, 5.41) is 2.00. The molecule has 2 aromatic carbocycles. The van der Waals surface area contributed by atoms with Crippen molar-refractivity contribution in [2.45, 2.75) is 33.6 Å². The van der Waals surface area contributed by atoms with Crippen LogP contribution in [-0.2, 0) is 20.1 Å². The van der Waals surface area contributed by atoms with E-state index in [0.29, 0.717) is 5.71 Å². The number of hydrogen-bond acceptors (Lipinski definition) is 4. The second-order valence-corrected chi connectivity index (χ2v) is 8.94. The number of aryl methyl sites for hydroxylation is 2. The number of aromatic nitrogens is 3. The summed E-state index contributed by atoms with van der Waals surface area (Å²) in [6.45, 7) is 7.78. The van der Waals surface area contributed by atoms with Crippen molar-refractivity contribution in [3.8, 4) is 22.5 Å². The Morgan fingerprint density at radius 3 is 2.38 bits per heavy atom. The van der Waals surface area contributed by atoms with E-state index in [1.54, 1.807) is 12.4 Å². The topological polar surface area (TPSA) is 51.8 Å². The van der Waals surface area contributed by atoms with Gasteiger partial charge in [0.25, 0.3) is 0 Å². The standard InChI is InChI=1S/C20H17N2O.C12H10N.Ir/c1-12(2)17-11-22-18(10-13(17)3)16-7-4-6-14-15-8-5-9-21-20(15)23-19(14)16;1-10-7-8-12(13-9-10)11-5-3-2-4-6-11;/h4-6,8-12H,1-3H3;2-5,7-9H,1H3;/q2*-1;/i12D;;. The first-order chi connectivity index (χ1) is 17.8. The summed E-state index contributed by atoms with van der Waals surface area (Å²) in [5.41, 5.74) is 8.15. The van der Waals surface area contributed by atoms with Crippen molar-refractivity contribution in [1.82, 2.24) is 15.0 Å². The minimum atomic E-state index is -0.672. The Kier molecular flexibility index (Phi) is 7.84. The fraction of sp³-hybridized carbons (Fsp3) is 0.156. The van der Waals surface area contributed by atoms with E-state index < -0.39 is 5.89 Å². The van der Waals surface area contributed by atoms with E-state index in [9.17, 15) is 0 Å². The second kappa shape index (κ2) is 11.6. The minimum Gasteiger partial charge on any atom is -0.486 e. The third kappa shape index (κ3) is 5.69. The molecule has 187 valence electrons. The Morgan fingerprint density at radius 1 is 0.838 bits per heavy atom. The van der Waals surface area contributed by atoms with Crippen molar-refractivity contribution in [3.05, 3.63) is 114 Å². The van der Waals surface area contributed by atoms with Gasteiger partial charge >= 0.3 is 0 Å². The summed E-state index contributed by atoms with van der Waals surface area (Å²) in [5.74, 6) is -0.672. The molecule has 4 heterocycles. The van der Waals surface area contributed by atoms with Gasteiger partial charge in [-0.2, -0.15) is 0 Å². The van der Waals surface area contributed by atoms with E-state index in [-0.39, 0.29) is 20.1 Å². The molecule has 5 heteroatoms. The summed E-state index contributed by atoms with van der Waals surface area (Å²) in [4.78, 5) is 13.2. The Hall–Kier alpha value is -3.66. The van der Waals surface area contributed by atoms with Gasteiger partial charge in [0, 0.05) is 45.5 Å². The number of rotatable bonds is 3. The maximum Gasteiger partial charge on any atom is 0.216 e. The molecule has 6 rings (SSSR count). The maximum absolute atomic E-state index is 8.22. The van der Waals surface area contributed by atoms with Gasteiger partial charge in [-0.1, -0.05) is 48.6 Å². The smallest absolute Gasteiger partial charge is 0.216 e. The molecular formula is C32H27IrN3O-2. The fourth-order valence-corrected chi connectivity index (χ4v) is 4.16. The largest absolute Gasteiger partial charge is 0.486 e. The first kappa shape index (κ1) is 25.0. The normalized spacial score (nSPS) is 11.4. The van der Waals surface area contributed by atoms with E-state index in [1.165, 1.54) is 5.56 Å². The molecule has 1 radical (unpaired) electrons. The van der Waals surface area contributed by atoms with Crippen LogP contribution >= 0.6 is 0 Å². The third-order valence-corrected chi connectivity index (χ3v) is 6.01. The first-order valence-corrected chi connectivity index (χ1v) is 11.9. The van der Waals surface area contributed by atoms with Crippen molar-refractivity contribution in [1.29, 1.82) is 0 Å². The van der Waals surface area contributed by atoms with Crippen molar-refractivity contribution < 1.29 is 25.9 Å². The van der Waals surface area contributed by atoms with Gasteiger partial charge in [0.05, 0.1) is 5.58 Å². The van der Waals surface area contributed by atoms with Gasteiger partial charge in [0.2, 0.25) is 5.71 Å². The molecule has 0 spiro atoms. The number of furan rings is 1. The monoisotopic (exact) mass is 663 g/mol. The van der Waals surface area contributed by atoms with Crippen LogP contribution in [-0.4, -0.2) is 15.0 Å². The molecule has 6 aromatic rings. The van der Waals surface area contributed by atoms with Crippen LogP contribution in [0.2, 0.25) is 0 Å². The van der Waals surface area contributed by atoms with Crippen molar-refractivity contribution in [3.63, 3.8) is 0 Å². The van der Waals surface area contributed by atoms with Crippen LogP contribution in [0.3, 0.4) is 0 Å². The van der Waals surface area contributed by atoms with E-state index in [4.69, 9.17) is 5.79 Å². The van der Waals surface area contributed by atoms with E-state index in [2.05, 4.69) is 33.2 Å². The van der Waals surface area contributed by atoms with Crippen LogP contribution < -0.4 is 0 Å². The maximum atomic E-state index is 8.22. The van der Waals surface area contributed by atoms with Gasteiger partial charge in [-0.05, 0) is 54.4 Å². The molecule has 0 fully saturated rings. The summed E-state index contributed by atoms with van der Waals surface area (Å²) in [6, 6.07) is 28.1. The molecule has 0 saturated heterocycles. The Balaban J connectivity index is 0.000000204. The summed E-state index contributed by atoms with van der Waals surface area (Å²) >= 11 is 0. The molecule has 0 bridgehead atoms. The molecule has 0 atom stereocenters. The third-order valence-electron chi connectivity index (χ3n) is 6.01. The Labute approximate surface area is 232 Å². The molecule has 37 heavy (non-hydrogen) atoms. The SMILES string of the molecule is Cc1ccc(-c2[c-]cccc2)nc1.[2H]C(C)(C)c1cnc(-c2[c-]ccc3c2oc2ncccc23)cc1C.[Ir]. The molecule has 0 unspecified atom stereocenters. The van der Waals surface area contributed by atoms with E-state index in [0.717, 1.165) is 50.0 Å². The number of pyridine rings is 3. The number of nitrogens with zero attached hydrogens (tertiary/aromatic N) is 3. The Morgan fingerprint density at radius 2 is 1.68 bits per heavy atom. The van der Waals surface area contributed by atoms with Crippen LogP contribution in [0.4, 0.5) is 0 Å². The van der Waals surface area contributed by atoms with Gasteiger partial charge in [0.15, 0.2) is 0 Å². The van der Waals surface area contributed by atoms with E-state index >= 15 is 0 Å². The van der Waals surface area contributed by atoms with Crippen LogP contribution in [0, 0.1) is 26.0 Å². The molecule has 0 amide bonds. The van der Waals surface area contributed by atoms with Gasteiger partial charge in [-0.3, -0.25) is 0 Å². The van der Waals surface area contributed by atoms with Crippen LogP contribution in [0.15, 0.2) is 89.7 Å². The molecular weight excluding hydrogens is 635 g/mol. The van der Waals surface area contributed by atoms with Gasteiger partial charge in [-0.25, -0.2) is 4.98 Å². The summed E-state index contributed by atoms with van der Waals surface area (Å²) in [6.07, 6.45) is 5.38. The van der Waals surface area contributed by atoms with Crippen LogP contribution in [0.1, 0.15) is 37.8 Å². The predicted molar refractivity (Wildman–Crippen MR) is 146 cm³/mol. The van der Waals surface area contributed by atoms with Crippen LogP contribution in [0.25, 0.3) is 44.6 Å². The molecule has 0 aliphatic heterocycles. The van der Waals surface area contributed by atoms with Gasteiger partial charge < -0.3 is 14.4 Å². The number of hydrogen-bond donors (Lipinski definition) is 0. The molecule has 4 aromatic heterocycles. The Bertz CT molecular complexity index is 1670. The van der Waals surface area contributed by atoms with Gasteiger partial charge in [-0.15, -0.1) is 54.1 Å². The average Bonchev–Trinajstić information content (AvgIpc) is 3.28. The van der Waals surface area contributed by atoms with Crippen LogP contribution in [0.5, 0.6) is 0 Å². The predicted octanol–water partition coefficient (Wildman–Crippen LogP) is 8.13. The zero-order valence-electron chi connectivity index (χ0n) is 22.2. The molecule has 0 saturated carbocycles. The summed E-state index contributed by atoms with van der Waals surface area (Å²) < 4.78 is 14.2. The van der Waals surface area contributed by atoms with Crippen molar-refractivity contribution in [2.75, 3.05) is 0 Å². The summed E-state index contributed by atoms with van der Waals surface area (Å²) in [7, 11) is 0. The fourth-order valence-electron chi connectivity index (χ4n) is 4.16. The number of benzene rings is 2. The average molecular weight is 663 g/mol. The zero-order valence-corrected chi connectivity index (χ0v) is 23.6. The first-order valence-electron chi connectivity index (χ1n) is 12.4. The van der Waals surface area contributed by atoms with Crippen molar-refractivity contribution >= 4 is 22.1 Å². The second-order valence-electron chi connectivity index (χ2n) is 8.94. The molecule has 4 nitrogen and oxygen atoms in total. The quantitative estimate of drug-likeness (QED) is 0.180. The number of fused-ring (bicyclic) bond motifs is 3. The minimum absolute atomic E-state index is 0. The van der Waals surface area contributed by atoms with Gasteiger partial charge in [0.1, 0.15) is 0 Å². The molecule has 0 N–H and O–H groups in total. The van der Waals surface area contributed by atoms with E-state index in [1.807, 2.05) is 94.6 Å². The molecule has 0 aliphatic carbocycles. The van der Waals surface area contributed by atoms with Crippen molar-refractivity contribution in [2.24, 2.45) is 0 Å².